The predicted molar refractivity (Wildman–Crippen MR) is 66.1 cm³/mol. The second-order valence-corrected chi connectivity index (χ2v) is 4.88. The molecule has 2 rings (SSSR count). The third-order valence-electron chi connectivity index (χ3n) is 2.82. The number of nitrogens with two attached hydrogens (primary N) is 1. The molecule has 2 heterocycles. The van der Waals surface area contributed by atoms with Gasteiger partial charge in [-0.25, -0.2) is 4.98 Å². The number of nitrogens with zero attached hydrogens (tertiary/aromatic N) is 2. The van der Waals surface area contributed by atoms with Gasteiger partial charge in [0.15, 0.2) is 5.82 Å². The molecule has 0 aliphatic heterocycles. The largest absolute Gasteiger partial charge is 0.321 e. The van der Waals surface area contributed by atoms with Crippen LogP contribution in [0.15, 0.2) is 17.5 Å². The minimum atomic E-state index is -0.0637. The van der Waals surface area contributed by atoms with E-state index in [-0.39, 0.29) is 6.04 Å². The fraction of sp³-hybridized carbons (Fsp3) is 0.455. The topological polar surface area (TPSA) is 67.6 Å². The van der Waals surface area contributed by atoms with Crippen molar-refractivity contribution < 1.29 is 0 Å². The van der Waals surface area contributed by atoms with E-state index >= 15 is 0 Å². The van der Waals surface area contributed by atoms with Crippen LogP contribution in [-0.4, -0.2) is 15.2 Å². The number of aromatic amines is 1. The van der Waals surface area contributed by atoms with Crippen LogP contribution < -0.4 is 5.73 Å². The Labute approximate surface area is 98.9 Å². The lowest BCUT2D eigenvalue weighted by Crippen LogP contribution is -2.19. The summed E-state index contributed by atoms with van der Waals surface area (Å²) in [5.41, 5.74) is 6.09. The molecule has 2 atom stereocenters. The standard InChI is InChI=1S/C11H16N4S/c1-3-7(2)9(12)11-13-10(14-15-11)8-5-4-6-16-8/h4-7,9H,3,12H2,1-2H3,(H,13,14,15)/t7?,9-/m0/s1. The summed E-state index contributed by atoms with van der Waals surface area (Å²) < 4.78 is 0. The Morgan fingerprint density at radius 2 is 2.38 bits per heavy atom. The maximum absolute atomic E-state index is 6.09. The van der Waals surface area contributed by atoms with Gasteiger partial charge in [-0.1, -0.05) is 26.3 Å². The molecule has 0 radical (unpaired) electrons. The number of hydrogen-bond acceptors (Lipinski definition) is 4. The van der Waals surface area contributed by atoms with E-state index in [0.717, 1.165) is 22.9 Å². The van der Waals surface area contributed by atoms with Gasteiger partial charge in [0.2, 0.25) is 0 Å². The van der Waals surface area contributed by atoms with Gasteiger partial charge in [0.1, 0.15) is 5.82 Å². The first-order chi connectivity index (χ1) is 7.72. The number of nitrogens with one attached hydrogen (secondary N) is 1. The van der Waals surface area contributed by atoms with E-state index in [4.69, 9.17) is 5.73 Å². The Balaban J connectivity index is 2.20. The molecule has 0 aliphatic carbocycles. The number of aromatic nitrogens is 3. The highest BCUT2D eigenvalue weighted by atomic mass is 32.1. The molecule has 0 aromatic carbocycles. The summed E-state index contributed by atoms with van der Waals surface area (Å²) in [5.74, 6) is 1.92. The first-order valence-electron chi connectivity index (χ1n) is 5.44. The number of hydrogen-bond donors (Lipinski definition) is 2. The van der Waals surface area contributed by atoms with Crippen LogP contribution in [0.1, 0.15) is 32.1 Å². The lowest BCUT2D eigenvalue weighted by molar-refractivity contribution is 0.440. The molecule has 2 aromatic rings. The van der Waals surface area contributed by atoms with Gasteiger partial charge in [0.25, 0.3) is 0 Å². The van der Waals surface area contributed by atoms with Crippen LogP contribution in [-0.2, 0) is 0 Å². The van der Waals surface area contributed by atoms with Crippen molar-refractivity contribution in [1.82, 2.24) is 15.2 Å². The van der Waals surface area contributed by atoms with E-state index in [0.29, 0.717) is 5.92 Å². The zero-order chi connectivity index (χ0) is 11.5. The molecule has 0 spiro atoms. The summed E-state index contributed by atoms with van der Waals surface area (Å²) in [6.07, 6.45) is 1.04. The quantitative estimate of drug-likeness (QED) is 0.857. The normalized spacial score (nSPS) is 14.9. The third-order valence-corrected chi connectivity index (χ3v) is 3.68. The first kappa shape index (κ1) is 11.3. The van der Waals surface area contributed by atoms with Gasteiger partial charge >= 0.3 is 0 Å². The van der Waals surface area contributed by atoms with Gasteiger partial charge in [-0.05, 0) is 17.4 Å². The van der Waals surface area contributed by atoms with Gasteiger partial charge < -0.3 is 5.73 Å². The van der Waals surface area contributed by atoms with Crippen molar-refractivity contribution in [2.75, 3.05) is 0 Å². The van der Waals surface area contributed by atoms with Crippen LogP contribution >= 0.6 is 11.3 Å². The fourth-order valence-corrected chi connectivity index (χ4v) is 2.12. The number of H-pyrrole nitrogens is 1. The average molecular weight is 236 g/mol. The van der Waals surface area contributed by atoms with E-state index in [2.05, 4.69) is 29.0 Å². The molecule has 0 fully saturated rings. The van der Waals surface area contributed by atoms with Gasteiger partial charge in [-0.15, -0.1) is 11.3 Å². The minimum absolute atomic E-state index is 0.0637. The molecule has 0 saturated carbocycles. The average Bonchev–Trinajstić information content (AvgIpc) is 2.96. The minimum Gasteiger partial charge on any atom is -0.321 e. The summed E-state index contributed by atoms with van der Waals surface area (Å²) >= 11 is 1.63. The lowest BCUT2D eigenvalue weighted by Gasteiger charge is -2.14. The second-order valence-electron chi connectivity index (χ2n) is 3.93. The Morgan fingerprint density at radius 1 is 1.56 bits per heavy atom. The summed E-state index contributed by atoms with van der Waals surface area (Å²) in [6.45, 7) is 4.25. The SMILES string of the molecule is CCC(C)[C@H](N)c1nc(-c2cccs2)n[nH]1. The van der Waals surface area contributed by atoms with Crippen molar-refractivity contribution in [2.24, 2.45) is 11.7 Å². The maximum Gasteiger partial charge on any atom is 0.191 e. The number of rotatable bonds is 4. The molecule has 5 heteroatoms. The smallest absolute Gasteiger partial charge is 0.191 e. The van der Waals surface area contributed by atoms with Crippen molar-refractivity contribution in [3.05, 3.63) is 23.3 Å². The highest BCUT2D eigenvalue weighted by Crippen LogP contribution is 2.24. The van der Waals surface area contributed by atoms with Crippen molar-refractivity contribution in [1.29, 1.82) is 0 Å². The van der Waals surface area contributed by atoms with Crippen LogP contribution in [0.2, 0.25) is 0 Å². The van der Waals surface area contributed by atoms with Crippen LogP contribution in [0.3, 0.4) is 0 Å². The fourth-order valence-electron chi connectivity index (χ4n) is 1.46. The monoisotopic (exact) mass is 236 g/mol. The van der Waals surface area contributed by atoms with Crippen molar-refractivity contribution in [3.8, 4) is 10.7 Å². The molecular weight excluding hydrogens is 220 g/mol. The Bertz CT molecular complexity index is 435. The summed E-state index contributed by atoms with van der Waals surface area (Å²) in [7, 11) is 0. The molecule has 16 heavy (non-hydrogen) atoms. The Hall–Kier alpha value is -1.20. The summed E-state index contributed by atoms with van der Waals surface area (Å²) in [5, 5.41) is 9.13. The van der Waals surface area contributed by atoms with E-state index in [1.165, 1.54) is 0 Å². The van der Waals surface area contributed by atoms with Crippen molar-refractivity contribution in [2.45, 2.75) is 26.3 Å². The molecular formula is C11H16N4S. The van der Waals surface area contributed by atoms with Gasteiger partial charge in [-0.2, -0.15) is 5.10 Å². The van der Waals surface area contributed by atoms with Crippen molar-refractivity contribution >= 4 is 11.3 Å². The molecule has 1 unspecified atom stereocenters. The molecule has 0 saturated heterocycles. The van der Waals surface area contributed by atoms with Crippen molar-refractivity contribution in [3.63, 3.8) is 0 Å². The molecule has 0 aliphatic rings. The van der Waals surface area contributed by atoms with Gasteiger partial charge in [0.05, 0.1) is 10.9 Å². The van der Waals surface area contributed by atoms with E-state index in [1.807, 2.05) is 17.5 Å². The zero-order valence-electron chi connectivity index (χ0n) is 9.47. The summed E-state index contributed by atoms with van der Waals surface area (Å²) in [6, 6.07) is 3.93. The van der Waals surface area contributed by atoms with E-state index in [1.54, 1.807) is 11.3 Å². The zero-order valence-corrected chi connectivity index (χ0v) is 10.3. The third kappa shape index (κ3) is 2.15. The van der Waals surface area contributed by atoms with Crippen LogP contribution in [0.5, 0.6) is 0 Å². The molecule has 0 bridgehead atoms. The van der Waals surface area contributed by atoms with E-state index < -0.39 is 0 Å². The van der Waals surface area contributed by atoms with Gasteiger partial charge in [0, 0.05) is 0 Å². The molecule has 2 aromatic heterocycles. The second kappa shape index (κ2) is 4.76. The van der Waals surface area contributed by atoms with Gasteiger partial charge in [-0.3, -0.25) is 5.10 Å². The highest BCUT2D eigenvalue weighted by Gasteiger charge is 2.17. The van der Waals surface area contributed by atoms with Crippen LogP contribution in [0.25, 0.3) is 10.7 Å². The Morgan fingerprint density at radius 3 is 3.00 bits per heavy atom. The van der Waals surface area contributed by atoms with Crippen LogP contribution in [0, 0.1) is 5.92 Å². The highest BCUT2D eigenvalue weighted by molar-refractivity contribution is 7.13. The van der Waals surface area contributed by atoms with Crippen LogP contribution in [0.4, 0.5) is 0 Å². The molecule has 3 N–H and O–H groups in total. The first-order valence-corrected chi connectivity index (χ1v) is 6.32. The molecule has 0 amide bonds. The molecule has 4 nitrogen and oxygen atoms in total. The van der Waals surface area contributed by atoms with E-state index in [9.17, 15) is 0 Å². The summed E-state index contributed by atoms with van der Waals surface area (Å²) in [4.78, 5) is 5.51. The Kier molecular flexibility index (Phi) is 3.36. The lowest BCUT2D eigenvalue weighted by atomic mass is 10.00. The number of thiophene rings is 1. The predicted octanol–water partition coefficient (Wildman–Crippen LogP) is 2.58. The maximum atomic E-state index is 6.09. The molecule has 86 valence electrons.